The average Bonchev–Trinajstić information content (AvgIpc) is 2.76. The van der Waals surface area contributed by atoms with Gasteiger partial charge < -0.3 is 15.4 Å². The second kappa shape index (κ2) is 6.84. The molecule has 0 spiro atoms. The van der Waals surface area contributed by atoms with Crippen molar-refractivity contribution >= 4 is 5.69 Å². The summed E-state index contributed by atoms with van der Waals surface area (Å²) in [6, 6.07) is 14.7. The first-order valence-electron chi connectivity index (χ1n) is 7.97. The van der Waals surface area contributed by atoms with Gasteiger partial charge >= 0.3 is 0 Å². The zero-order valence-corrected chi connectivity index (χ0v) is 13.2. The van der Waals surface area contributed by atoms with E-state index in [2.05, 4.69) is 35.2 Å². The summed E-state index contributed by atoms with van der Waals surface area (Å²) in [5, 5.41) is 0. The molecule has 1 heterocycles. The molecular weight excluding hydrogens is 272 g/mol. The molecule has 2 aromatic rings. The molecule has 0 aliphatic carbocycles. The van der Waals surface area contributed by atoms with Crippen molar-refractivity contribution in [3.05, 3.63) is 59.2 Å². The van der Waals surface area contributed by atoms with Gasteiger partial charge in [-0.1, -0.05) is 18.2 Å². The van der Waals surface area contributed by atoms with Crippen LogP contribution < -0.4 is 10.5 Å². The summed E-state index contributed by atoms with van der Waals surface area (Å²) >= 11 is 0. The Hall–Kier alpha value is -2.00. The minimum Gasteiger partial charge on any atom is -0.497 e. The molecule has 3 nitrogen and oxygen atoms in total. The highest BCUT2D eigenvalue weighted by Crippen LogP contribution is 2.21. The van der Waals surface area contributed by atoms with Crippen molar-refractivity contribution < 1.29 is 4.74 Å². The van der Waals surface area contributed by atoms with Gasteiger partial charge in [-0.15, -0.1) is 0 Å². The van der Waals surface area contributed by atoms with Crippen LogP contribution in [0, 0.1) is 0 Å². The Balaban J connectivity index is 1.58. The highest BCUT2D eigenvalue weighted by Gasteiger charge is 2.14. The molecule has 2 N–H and O–H groups in total. The zero-order chi connectivity index (χ0) is 15.4. The number of hydrogen-bond acceptors (Lipinski definition) is 3. The number of methoxy groups -OCH3 is 1. The van der Waals surface area contributed by atoms with Crippen LogP contribution in [0.1, 0.15) is 16.7 Å². The lowest BCUT2D eigenvalue weighted by atomic mass is 10.0. The topological polar surface area (TPSA) is 38.5 Å². The molecule has 0 aromatic heterocycles. The number of ether oxygens (including phenoxy) is 1. The van der Waals surface area contributed by atoms with E-state index in [-0.39, 0.29) is 0 Å². The molecular formula is C19H24N2O. The summed E-state index contributed by atoms with van der Waals surface area (Å²) in [5.41, 5.74) is 10.8. The smallest absolute Gasteiger partial charge is 0.119 e. The molecule has 2 aromatic carbocycles. The van der Waals surface area contributed by atoms with E-state index in [4.69, 9.17) is 10.5 Å². The van der Waals surface area contributed by atoms with Crippen LogP contribution in [0.25, 0.3) is 0 Å². The Bertz CT molecular complexity index is 622. The average molecular weight is 296 g/mol. The van der Waals surface area contributed by atoms with Gasteiger partial charge in [-0.2, -0.15) is 0 Å². The van der Waals surface area contributed by atoms with Gasteiger partial charge in [0.15, 0.2) is 0 Å². The fourth-order valence-electron chi connectivity index (χ4n) is 3.07. The molecule has 1 aliphatic rings. The Morgan fingerprint density at radius 3 is 2.45 bits per heavy atom. The fourth-order valence-corrected chi connectivity index (χ4v) is 3.07. The van der Waals surface area contributed by atoms with Crippen LogP contribution in [0.3, 0.4) is 0 Å². The Morgan fingerprint density at radius 2 is 1.73 bits per heavy atom. The molecule has 3 heteroatoms. The minimum absolute atomic E-state index is 0.836. The zero-order valence-electron chi connectivity index (χ0n) is 13.2. The third-order valence-electron chi connectivity index (χ3n) is 4.50. The van der Waals surface area contributed by atoms with Crippen LogP contribution in [-0.2, 0) is 19.3 Å². The number of nitrogens with two attached hydrogens (primary N) is 1. The maximum Gasteiger partial charge on any atom is 0.119 e. The Labute approximate surface area is 132 Å². The molecule has 0 amide bonds. The van der Waals surface area contributed by atoms with Gasteiger partial charge in [0.2, 0.25) is 0 Å². The SMILES string of the molecule is COc1ccc2c(c1)CCN(CCc1ccc(N)cc1)CC2. The maximum absolute atomic E-state index is 5.74. The van der Waals surface area contributed by atoms with E-state index in [1.165, 1.54) is 16.7 Å². The van der Waals surface area contributed by atoms with E-state index in [9.17, 15) is 0 Å². The first-order chi connectivity index (χ1) is 10.7. The Morgan fingerprint density at radius 1 is 1.00 bits per heavy atom. The lowest BCUT2D eigenvalue weighted by Crippen LogP contribution is -2.28. The number of fused-ring (bicyclic) bond motifs is 1. The third-order valence-corrected chi connectivity index (χ3v) is 4.50. The van der Waals surface area contributed by atoms with Crippen molar-refractivity contribution in [1.29, 1.82) is 0 Å². The van der Waals surface area contributed by atoms with Crippen LogP contribution in [0.2, 0.25) is 0 Å². The van der Waals surface area contributed by atoms with Crippen LogP contribution in [-0.4, -0.2) is 31.6 Å². The van der Waals surface area contributed by atoms with E-state index >= 15 is 0 Å². The molecule has 0 saturated carbocycles. The minimum atomic E-state index is 0.836. The second-order valence-electron chi connectivity index (χ2n) is 5.97. The quantitative estimate of drug-likeness (QED) is 0.882. The van der Waals surface area contributed by atoms with Crippen LogP contribution in [0.15, 0.2) is 42.5 Å². The standard InChI is InChI=1S/C19H24N2O/c1-22-19-7-4-16-9-12-21(13-10-17(16)14-19)11-8-15-2-5-18(20)6-3-15/h2-7,14H,8-13,20H2,1H3. The highest BCUT2D eigenvalue weighted by atomic mass is 16.5. The van der Waals surface area contributed by atoms with Crippen molar-refractivity contribution in [3.63, 3.8) is 0 Å². The molecule has 22 heavy (non-hydrogen) atoms. The highest BCUT2D eigenvalue weighted by molar-refractivity contribution is 5.39. The largest absolute Gasteiger partial charge is 0.497 e. The number of benzene rings is 2. The van der Waals surface area contributed by atoms with E-state index in [0.29, 0.717) is 0 Å². The van der Waals surface area contributed by atoms with Crippen molar-refractivity contribution in [3.8, 4) is 5.75 Å². The van der Waals surface area contributed by atoms with Crippen LogP contribution in [0.4, 0.5) is 5.69 Å². The monoisotopic (exact) mass is 296 g/mol. The number of rotatable bonds is 4. The predicted molar refractivity (Wildman–Crippen MR) is 91.4 cm³/mol. The molecule has 0 radical (unpaired) electrons. The summed E-state index contributed by atoms with van der Waals surface area (Å²) in [5.74, 6) is 0.967. The van der Waals surface area contributed by atoms with Crippen molar-refractivity contribution in [2.75, 3.05) is 32.5 Å². The molecule has 0 saturated heterocycles. The lowest BCUT2D eigenvalue weighted by Gasteiger charge is -2.19. The summed E-state index contributed by atoms with van der Waals surface area (Å²) in [7, 11) is 1.73. The van der Waals surface area contributed by atoms with Gasteiger partial charge in [-0.25, -0.2) is 0 Å². The number of anilines is 1. The van der Waals surface area contributed by atoms with Crippen molar-refractivity contribution in [2.45, 2.75) is 19.3 Å². The maximum atomic E-state index is 5.74. The molecule has 3 rings (SSSR count). The van der Waals surface area contributed by atoms with Gasteiger partial charge in [0, 0.05) is 25.3 Å². The first-order valence-corrected chi connectivity index (χ1v) is 7.97. The van der Waals surface area contributed by atoms with Gasteiger partial charge in [0.1, 0.15) is 5.75 Å². The van der Waals surface area contributed by atoms with Gasteiger partial charge in [0.25, 0.3) is 0 Å². The van der Waals surface area contributed by atoms with Gasteiger partial charge in [-0.3, -0.25) is 0 Å². The molecule has 0 atom stereocenters. The number of hydrogen-bond donors (Lipinski definition) is 1. The van der Waals surface area contributed by atoms with Crippen LogP contribution >= 0.6 is 0 Å². The summed E-state index contributed by atoms with van der Waals surface area (Å²) in [6.07, 6.45) is 3.31. The molecule has 0 unspecified atom stereocenters. The summed E-state index contributed by atoms with van der Waals surface area (Å²) in [4.78, 5) is 2.56. The Kier molecular flexibility index (Phi) is 4.64. The van der Waals surface area contributed by atoms with Crippen LogP contribution in [0.5, 0.6) is 5.75 Å². The lowest BCUT2D eigenvalue weighted by molar-refractivity contribution is 0.291. The van der Waals surface area contributed by atoms with Crippen molar-refractivity contribution in [2.24, 2.45) is 0 Å². The van der Waals surface area contributed by atoms with E-state index in [0.717, 1.165) is 50.3 Å². The normalized spacial score (nSPS) is 15.1. The van der Waals surface area contributed by atoms with E-state index in [1.54, 1.807) is 7.11 Å². The van der Waals surface area contributed by atoms with Gasteiger partial charge in [-0.05, 0) is 60.2 Å². The predicted octanol–water partition coefficient (Wildman–Crippen LogP) is 2.92. The van der Waals surface area contributed by atoms with Gasteiger partial charge in [0.05, 0.1) is 7.11 Å². The van der Waals surface area contributed by atoms with E-state index < -0.39 is 0 Å². The summed E-state index contributed by atoms with van der Waals surface area (Å²) in [6.45, 7) is 3.36. The van der Waals surface area contributed by atoms with E-state index in [1.807, 2.05) is 12.1 Å². The third kappa shape index (κ3) is 3.60. The molecule has 1 aliphatic heterocycles. The number of nitrogens with zero attached hydrogens (tertiary/aromatic N) is 1. The number of nitrogen functional groups attached to an aromatic ring is 1. The molecule has 0 bridgehead atoms. The first kappa shape index (κ1) is 14.9. The molecule has 116 valence electrons. The van der Waals surface area contributed by atoms with Crippen molar-refractivity contribution in [1.82, 2.24) is 4.90 Å². The summed E-state index contributed by atoms with van der Waals surface area (Å²) < 4.78 is 5.34. The fraction of sp³-hybridized carbons (Fsp3) is 0.368. The second-order valence-corrected chi connectivity index (χ2v) is 5.97. The molecule has 0 fully saturated rings.